The van der Waals surface area contributed by atoms with Gasteiger partial charge >= 0.3 is 5.97 Å². The normalized spacial score (nSPS) is 27.0. The van der Waals surface area contributed by atoms with Gasteiger partial charge in [-0.2, -0.15) is 11.8 Å². The van der Waals surface area contributed by atoms with Gasteiger partial charge in [0.05, 0.1) is 24.6 Å². The highest BCUT2D eigenvalue weighted by molar-refractivity contribution is 7.98. The minimum Gasteiger partial charge on any atom is -0.508 e. The van der Waals surface area contributed by atoms with Gasteiger partial charge in [0.15, 0.2) is 0 Å². The number of aromatic hydroxyl groups is 1. The molecule has 0 unspecified atom stereocenters. The molecule has 0 radical (unpaired) electrons. The van der Waals surface area contributed by atoms with Gasteiger partial charge in [-0.05, 0) is 60.4 Å². The molecule has 0 saturated carbocycles. The van der Waals surface area contributed by atoms with Gasteiger partial charge in [-0.15, -0.1) is 0 Å². The highest BCUT2D eigenvalue weighted by Crippen LogP contribution is 2.51. The molecular weight excluding hydrogens is 435 g/mol. The Kier molecular flexibility index (Phi) is 5.96. The average Bonchev–Trinajstić information content (AvgIpc) is 3.27. The number of carbonyl (C=O) groups is 3. The standard InChI is InChI=1S/C23H23FN2O5S/c1-31-22(30)23(11-12-32-2)18-17(19(25-23)13-3-9-16(27)10-4-13)20(28)26(21(18)29)15-7-5-14(24)6-8-15/h3-10,17-19,25,27H,11-12H2,1-2H3/t17-,18-,19-,23-/m1/s1. The van der Waals surface area contributed by atoms with E-state index in [0.717, 1.165) is 4.90 Å². The van der Waals surface area contributed by atoms with Gasteiger partial charge in [0.1, 0.15) is 17.1 Å². The number of carbonyl (C=O) groups excluding carboxylic acids is 3. The molecule has 0 aliphatic carbocycles. The summed E-state index contributed by atoms with van der Waals surface area (Å²) in [5, 5.41) is 13.0. The number of fused-ring (bicyclic) bond motifs is 1. The maximum atomic E-state index is 13.6. The number of phenolic OH excluding ortho intramolecular Hbond substituents is 1. The van der Waals surface area contributed by atoms with E-state index in [1.165, 1.54) is 55.3 Å². The van der Waals surface area contributed by atoms with Crippen LogP contribution in [-0.4, -0.2) is 47.5 Å². The number of phenols is 1. The second-order valence-electron chi connectivity index (χ2n) is 7.91. The van der Waals surface area contributed by atoms with Crippen LogP contribution in [0.15, 0.2) is 48.5 Å². The number of halogens is 1. The second-order valence-corrected chi connectivity index (χ2v) is 8.90. The lowest BCUT2D eigenvalue weighted by atomic mass is 9.78. The highest BCUT2D eigenvalue weighted by Gasteiger charge is 2.68. The molecule has 2 aromatic carbocycles. The van der Waals surface area contributed by atoms with Crippen molar-refractivity contribution in [2.45, 2.75) is 18.0 Å². The summed E-state index contributed by atoms with van der Waals surface area (Å²) in [5.41, 5.74) is -0.481. The molecule has 2 N–H and O–H groups in total. The van der Waals surface area contributed by atoms with E-state index in [-0.39, 0.29) is 17.9 Å². The van der Waals surface area contributed by atoms with E-state index in [0.29, 0.717) is 11.3 Å². The number of amides is 2. The van der Waals surface area contributed by atoms with Crippen molar-refractivity contribution < 1.29 is 28.6 Å². The molecule has 2 fully saturated rings. The van der Waals surface area contributed by atoms with Gasteiger partial charge in [-0.25, -0.2) is 9.29 Å². The number of methoxy groups -OCH3 is 1. The van der Waals surface area contributed by atoms with Crippen molar-refractivity contribution in [2.24, 2.45) is 11.8 Å². The van der Waals surface area contributed by atoms with Crippen LogP contribution in [0.2, 0.25) is 0 Å². The van der Waals surface area contributed by atoms with E-state index < -0.39 is 47.0 Å². The minimum absolute atomic E-state index is 0.0617. The van der Waals surface area contributed by atoms with Crippen LogP contribution in [-0.2, 0) is 19.1 Å². The highest BCUT2D eigenvalue weighted by atomic mass is 32.2. The fourth-order valence-electron chi connectivity index (χ4n) is 4.78. The molecule has 2 amide bonds. The Morgan fingerprint density at radius 2 is 1.81 bits per heavy atom. The number of hydrogen-bond donors (Lipinski definition) is 2. The lowest BCUT2D eigenvalue weighted by Crippen LogP contribution is -2.56. The molecule has 9 heteroatoms. The summed E-state index contributed by atoms with van der Waals surface area (Å²) in [6.07, 6.45) is 2.17. The average molecular weight is 459 g/mol. The van der Waals surface area contributed by atoms with Crippen LogP contribution in [0.4, 0.5) is 10.1 Å². The summed E-state index contributed by atoms with van der Waals surface area (Å²) in [7, 11) is 1.26. The lowest BCUT2D eigenvalue weighted by molar-refractivity contribution is -0.152. The van der Waals surface area contributed by atoms with E-state index in [1.54, 1.807) is 12.1 Å². The molecule has 4 rings (SSSR count). The molecule has 2 aliphatic heterocycles. The van der Waals surface area contributed by atoms with E-state index in [4.69, 9.17) is 4.74 Å². The number of thioether (sulfide) groups is 1. The molecule has 0 spiro atoms. The Morgan fingerprint density at radius 3 is 2.41 bits per heavy atom. The molecule has 7 nitrogen and oxygen atoms in total. The molecule has 2 aliphatic rings. The summed E-state index contributed by atoms with van der Waals surface area (Å²) in [5.74, 6) is -3.31. The van der Waals surface area contributed by atoms with Crippen molar-refractivity contribution >= 4 is 35.2 Å². The fourth-order valence-corrected chi connectivity index (χ4v) is 5.31. The topological polar surface area (TPSA) is 95.9 Å². The van der Waals surface area contributed by atoms with Gasteiger partial charge in [0, 0.05) is 6.04 Å². The number of esters is 1. The first-order chi connectivity index (χ1) is 15.3. The van der Waals surface area contributed by atoms with Gasteiger partial charge in [-0.1, -0.05) is 12.1 Å². The Bertz CT molecular complexity index is 1050. The summed E-state index contributed by atoms with van der Waals surface area (Å²) >= 11 is 1.52. The van der Waals surface area contributed by atoms with Crippen LogP contribution in [0, 0.1) is 17.7 Å². The predicted octanol–water partition coefficient (Wildman–Crippen LogP) is 2.65. The molecular formula is C23H23FN2O5S. The molecule has 32 heavy (non-hydrogen) atoms. The zero-order valence-electron chi connectivity index (χ0n) is 17.6. The number of rotatable bonds is 6. The monoisotopic (exact) mass is 458 g/mol. The molecule has 2 heterocycles. The summed E-state index contributed by atoms with van der Waals surface area (Å²) in [6.45, 7) is 0. The van der Waals surface area contributed by atoms with Crippen LogP contribution in [0.3, 0.4) is 0 Å². The van der Waals surface area contributed by atoms with E-state index in [9.17, 15) is 23.9 Å². The molecule has 168 valence electrons. The minimum atomic E-state index is -1.40. The first-order valence-electron chi connectivity index (χ1n) is 10.1. The number of benzene rings is 2. The smallest absolute Gasteiger partial charge is 0.326 e. The van der Waals surface area contributed by atoms with Crippen molar-refractivity contribution in [3.05, 3.63) is 59.9 Å². The van der Waals surface area contributed by atoms with Crippen LogP contribution >= 0.6 is 11.8 Å². The largest absolute Gasteiger partial charge is 0.508 e. The van der Waals surface area contributed by atoms with Gasteiger partial charge in [0.25, 0.3) is 0 Å². The number of anilines is 1. The van der Waals surface area contributed by atoms with E-state index >= 15 is 0 Å². The first kappa shape index (κ1) is 22.3. The molecule has 2 aromatic rings. The number of hydrogen-bond acceptors (Lipinski definition) is 7. The van der Waals surface area contributed by atoms with Gasteiger partial charge < -0.3 is 9.84 Å². The van der Waals surface area contributed by atoms with Gasteiger partial charge in [-0.3, -0.25) is 19.7 Å². The van der Waals surface area contributed by atoms with Crippen molar-refractivity contribution in [2.75, 3.05) is 24.0 Å². The van der Waals surface area contributed by atoms with Crippen molar-refractivity contribution in [3.63, 3.8) is 0 Å². The quantitative estimate of drug-likeness (QED) is 0.508. The molecule has 0 bridgehead atoms. The maximum Gasteiger partial charge on any atom is 0.326 e. The zero-order chi connectivity index (χ0) is 23.0. The summed E-state index contributed by atoms with van der Waals surface area (Å²) < 4.78 is 18.6. The predicted molar refractivity (Wildman–Crippen MR) is 118 cm³/mol. The van der Waals surface area contributed by atoms with Crippen molar-refractivity contribution in [3.8, 4) is 5.75 Å². The fraction of sp³-hybridized carbons (Fsp3) is 0.348. The van der Waals surface area contributed by atoms with Crippen LogP contribution in [0.25, 0.3) is 0 Å². The van der Waals surface area contributed by atoms with Gasteiger partial charge in [0.2, 0.25) is 11.8 Å². The van der Waals surface area contributed by atoms with E-state index in [1.807, 2.05) is 6.26 Å². The Hall–Kier alpha value is -2.91. The third-order valence-electron chi connectivity index (χ3n) is 6.24. The number of nitrogens with zero attached hydrogens (tertiary/aromatic N) is 1. The van der Waals surface area contributed by atoms with Crippen molar-refractivity contribution in [1.29, 1.82) is 0 Å². The number of nitrogens with one attached hydrogen (secondary N) is 1. The third-order valence-corrected chi connectivity index (χ3v) is 6.85. The van der Waals surface area contributed by atoms with E-state index in [2.05, 4.69) is 5.32 Å². The lowest BCUT2D eigenvalue weighted by Gasteiger charge is -2.32. The Labute approximate surface area is 188 Å². The van der Waals surface area contributed by atoms with Crippen LogP contribution < -0.4 is 10.2 Å². The zero-order valence-corrected chi connectivity index (χ0v) is 18.4. The van der Waals surface area contributed by atoms with Crippen molar-refractivity contribution in [1.82, 2.24) is 5.32 Å². The maximum absolute atomic E-state index is 13.6. The second kappa shape index (κ2) is 8.55. The SMILES string of the molecule is COC(=O)[C@]1(CCSC)N[C@H](c2ccc(O)cc2)[C@@H]2C(=O)N(c3ccc(F)cc3)C(=O)[C@@H]21. The summed E-state index contributed by atoms with van der Waals surface area (Å²) in [4.78, 5) is 41.3. The third kappa shape index (κ3) is 3.45. The van der Waals surface area contributed by atoms with Crippen LogP contribution in [0.1, 0.15) is 18.0 Å². The van der Waals surface area contributed by atoms with Crippen LogP contribution in [0.5, 0.6) is 5.75 Å². The Balaban J connectivity index is 1.85. The summed E-state index contributed by atoms with van der Waals surface area (Å²) in [6, 6.07) is 10.8. The molecule has 4 atom stereocenters. The molecule has 0 aromatic heterocycles. The number of imide groups is 1. The number of ether oxygens (including phenoxy) is 1. The first-order valence-corrected chi connectivity index (χ1v) is 11.5. The molecule has 2 saturated heterocycles. The Morgan fingerprint density at radius 1 is 1.16 bits per heavy atom.